The number of hydrogen-bond acceptors (Lipinski definition) is 6. The Kier molecular flexibility index (Phi) is 7.72. The van der Waals surface area contributed by atoms with E-state index in [2.05, 4.69) is 20.6 Å². The molecule has 3 amide bonds. The van der Waals surface area contributed by atoms with Crippen molar-refractivity contribution in [2.24, 2.45) is 17.8 Å². The van der Waals surface area contributed by atoms with Gasteiger partial charge < -0.3 is 25.5 Å². The lowest BCUT2D eigenvalue weighted by Crippen LogP contribution is -2.57. The van der Waals surface area contributed by atoms with Crippen molar-refractivity contribution in [1.29, 1.82) is 0 Å². The third kappa shape index (κ3) is 5.37. The van der Waals surface area contributed by atoms with E-state index in [0.29, 0.717) is 57.5 Å². The molecule has 3 N–H and O–H groups in total. The molecule has 45 heavy (non-hydrogen) atoms. The Balaban J connectivity index is 1.32. The lowest BCUT2D eigenvalue weighted by atomic mass is 9.74. The Morgan fingerprint density at radius 3 is 2.53 bits per heavy atom. The molecule has 2 bridgehead atoms. The first-order valence-electron chi connectivity index (χ1n) is 15.7. The van der Waals surface area contributed by atoms with Gasteiger partial charge in [0.15, 0.2) is 5.69 Å². The number of nitrogens with one attached hydrogen (secondary N) is 2. The number of halogens is 3. The van der Waals surface area contributed by atoms with Crippen LogP contribution in [0.1, 0.15) is 79.6 Å². The van der Waals surface area contributed by atoms with Crippen molar-refractivity contribution in [1.82, 2.24) is 25.5 Å². The van der Waals surface area contributed by atoms with Gasteiger partial charge in [0.1, 0.15) is 5.54 Å². The number of hydrogen-bond donors (Lipinski definition) is 3. The molecular formula is C32H39F3N6O4. The molecule has 10 nitrogen and oxygen atoms in total. The molecule has 2 aliphatic heterocycles. The zero-order valence-corrected chi connectivity index (χ0v) is 25.7. The molecule has 2 aromatic rings. The summed E-state index contributed by atoms with van der Waals surface area (Å²) in [6, 6.07) is 5.63. The molecule has 1 spiro atoms. The highest BCUT2D eigenvalue weighted by Gasteiger charge is 2.57. The second-order valence-electron chi connectivity index (χ2n) is 13.4. The summed E-state index contributed by atoms with van der Waals surface area (Å²) in [5.74, 6) is -2.54. The number of piperidine rings is 1. The number of amides is 3. The van der Waals surface area contributed by atoms with Crippen LogP contribution in [0.4, 0.5) is 29.6 Å². The van der Waals surface area contributed by atoms with Crippen LogP contribution in [0.5, 0.6) is 0 Å². The molecule has 3 fully saturated rings. The van der Waals surface area contributed by atoms with Gasteiger partial charge in [-0.25, -0.2) is 19.6 Å². The Morgan fingerprint density at radius 2 is 1.87 bits per heavy atom. The van der Waals surface area contributed by atoms with Crippen molar-refractivity contribution in [2.45, 2.75) is 76.4 Å². The Bertz CT molecular complexity index is 1520. The van der Waals surface area contributed by atoms with Crippen LogP contribution in [0.15, 0.2) is 24.4 Å². The number of anilines is 2. The summed E-state index contributed by atoms with van der Waals surface area (Å²) in [5, 5.41) is 15.6. The van der Waals surface area contributed by atoms with Gasteiger partial charge in [-0.2, -0.15) is 13.2 Å². The fourth-order valence-electron chi connectivity index (χ4n) is 8.35. The monoisotopic (exact) mass is 628 g/mol. The maximum atomic E-state index is 14.5. The minimum Gasteiger partial charge on any atom is -0.479 e. The lowest BCUT2D eigenvalue weighted by molar-refractivity contribution is -0.146. The maximum Gasteiger partial charge on any atom is 0.434 e. The number of fused-ring (bicyclic) bond motifs is 4. The molecule has 2 saturated carbocycles. The highest BCUT2D eigenvalue weighted by molar-refractivity contribution is 5.99. The number of aromatic nitrogens is 2. The molecule has 4 unspecified atom stereocenters. The minimum atomic E-state index is -4.99. The molecular weight excluding hydrogens is 589 g/mol. The van der Waals surface area contributed by atoms with Crippen LogP contribution in [-0.4, -0.2) is 69.6 Å². The molecule has 1 aromatic heterocycles. The third-order valence-electron chi connectivity index (χ3n) is 10.4. The predicted molar refractivity (Wildman–Crippen MR) is 159 cm³/mol. The number of urea groups is 1. The van der Waals surface area contributed by atoms with Crippen molar-refractivity contribution >= 4 is 29.5 Å². The highest BCUT2D eigenvalue weighted by Crippen LogP contribution is 2.52. The van der Waals surface area contributed by atoms with E-state index in [1.54, 1.807) is 9.80 Å². The highest BCUT2D eigenvalue weighted by atomic mass is 19.4. The van der Waals surface area contributed by atoms with Crippen molar-refractivity contribution < 1.29 is 32.7 Å². The van der Waals surface area contributed by atoms with E-state index < -0.39 is 40.3 Å². The number of nitrogens with zero attached hydrogens (tertiary/aromatic N) is 4. The Hall–Kier alpha value is -3.90. The van der Waals surface area contributed by atoms with Crippen molar-refractivity contribution in [3.63, 3.8) is 0 Å². The number of likely N-dealkylation sites (tertiary alicyclic amines) is 1. The summed E-state index contributed by atoms with van der Waals surface area (Å²) in [6.07, 6.45) is -0.676. The van der Waals surface area contributed by atoms with Crippen LogP contribution in [0, 0.1) is 24.7 Å². The van der Waals surface area contributed by atoms with Gasteiger partial charge >= 0.3 is 18.2 Å². The Morgan fingerprint density at radius 1 is 1.13 bits per heavy atom. The summed E-state index contributed by atoms with van der Waals surface area (Å²) in [5.41, 5.74) is -1.59. The number of carboxylic acid groups (broad SMARTS) is 1. The Labute approximate surface area is 259 Å². The van der Waals surface area contributed by atoms with E-state index in [9.17, 15) is 32.7 Å². The lowest BCUT2D eigenvalue weighted by Gasteiger charge is -2.39. The number of alkyl halides is 3. The quantitative estimate of drug-likeness (QED) is 0.424. The van der Waals surface area contributed by atoms with Gasteiger partial charge in [0, 0.05) is 43.5 Å². The van der Waals surface area contributed by atoms with Gasteiger partial charge in [0.25, 0.3) is 5.91 Å². The van der Waals surface area contributed by atoms with Gasteiger partial charge in [-0.1, -0.05) is 24.6 Å². The molecule has 1 saturated heterocycles. The fraction of sp³-hybridized carbons (Fsp3) is 0.594. The average molecular weight is 629 g/mol. The van der Waals surface area contributed by atoms with Gasteiger partial charge in [-0.3, -0.25) is 4.79 Å². The van der Waals surface area contributed by atoms with E-state index in [-0.39, 0.29) is 36.2 Å². The van der Waals surface area contributed by atoms with E-state index in [4.69, 9.17) is 0 Å². The molecule has 2 aliphatic carbocycles. The molecule has 0 radical (unpaired) electrons. The number of aliphatic carboxylic acids is 1. The van der Waals surface area contributed by atoms with Gasteiger partial charge in [-0.15, -0.1) is 0 Å². The van der Waals surface area contributed by atoms with E-state index in [1.165, 1.54) is 0 Å². The average Bonchev–Trinajstić information content (AvgIpc) is 3.43. The summed E-state index contributed by atoms with van der Waals surface area (Å²) in [4.78, 5) is 50.1. The van der Waals surface area contributed by atoms with Crippen LogP contribution in [0.3, 0.4) is 0 Å². The summed E-state index contributed by atoms with van der Waals surface area (Å²) in [6.45, 7) is 7.66. The standard InChI is InChI=1S/C32H39F3N6O4/c1-4-36-29(45)40-9-7-30(8-10-40)17-41(24-6-5-18(2)13-23(24)30)28-37-16-22(25(38-28)32(33,34)35)26(42)39-31(27(43)44)15-20-11-19(3)12-21(31)14-20/h5-6,13,16,19-21H,4,7-12,14-15,17H2,1-3H3,(H,36,45)(H,39,42)(H,43,44). The first kappa shape index (κ1) is 31.1. The van der Waals surface area contributed by atoms with E-state index in [1.807, 2.05) is 39.0 Å². The first-order chi connectivity index (χ1) is 21.3. The number of rotatable bonds is 5. The molecule has 1 aromatic carbocycles. The number of benzene rings is 1. The SMILES string of the molecule is CCNC(=O)N1CCC2(CC1)CN(c1ncc(C(=O)NC3(C(=O)O)CC4CC(C)CC3C4)c(C(F)(F)F)n1)c1ccc(C)cc12. The van der Waals surface area contributed by atoms with Crippen LogP contribution in [0.25, 0.3) is 0 Å². The molecule has 4 atom stereocenters. The molecule has 3 heterocycles. The zero-order chi connectivity index (χ0) is 32.3. The first-order valence-corrected chi connectivity index (χ1v) is 15.7. The molecule has 4 aliphatic rings. The smallest absolute Gasteiger partial charge is 0.434 e. The predicted octanol–water partition coefficient (Wildman–Crippen LogP) is 5.03. The fourth-order valence-corrected chi connectivity index (χ4v) is 8.35. The summed E-state index contributed by atoms with van der Waals surface area (Å²) >= 11 is 0. The van der Waals surface area contributed by atoms with Crippen LogP contribution < -0.4 is 15.5 Å². The molecule has 13 heteroatoms. The summed E-state index contributed by atoms with van der Waals surface area (Å²) < 4.78 is 43.6. The number of carbonyl (C=O) groups is 3. The third-order valence-corrected chi connectivity index (χ3v) is 10.4. The second kappa shape index (κ2) is 11.2. The topological polar surface area (TPSA) is 128 Å². The van der Waals surface area contributed by atoms with Crippen molar-refractivity contribution in [2.75, 3.05) is 31.1 Å². The molecule has 242 valence electrons. The number of aryl methyl sites for hydroxylation is 1. The summed E-state index contributed by atoms with van der Waals surface area (Å²) in [7, 11) is 0. The number of carboxylic acids is 1. The van der Waals surface area contributed by atoms with E-state index >= 15 is 0 Å². The molecule has 6 rings (SSSR count). The second-order valence-corrected chi connectivity index (χ2v) is 13.4. The van der Waals surface area contributed by atoms with Crippen molar-refractivity contribution in [3.05, 3.63) is 46.8 Å². The maximum absolute atomic E-state index is 14.5. The van der Waals surface area contributed by atoms with Gasteiger partial charge in [0.2, 0.25) is 5.95 Å². The minimum absolute atomic E-state index is 0.0925. The largest absolute Gasteiger partial charge is 0.479 e. The van der Waals surface area contributed by atoms with Gasteiger partial charge in [0.05, 0.1) is 5.56 Å². The van der Waals surface area contributed by atoms with E-state index in [0.717, 1.165) is 23.7 Å². The van der Waals surface area contributed by atoms with Crippen LogP contribution in [-0.2, 0) is 16.4 Å². The van der Waals surface area contributed by atoms with Crippen molar-refractivity contribution in [3.8, 4) is 0 Å². The van der Waals surface area contributed by atoms with Crippen LogP contribution >= 0.6 is 0 Å². The van der Waals surface area contributed by atoms with Gasteiger partial charge in [-0.05, 0) is 81.8 Å². The zero-order valence-electron chi connectivity index (χ0n) is 25.7. The normalized spacial score (nSPS) is 26.9. The number of carbonyl (C=O) groups excluding carboxylic acids is 2. The van der Waals surface area contributed by atoms with Crippen LogP contribution in [0.2, 0.25) is 0 Å².